The molecule has 0 aliphatic carbocycles. The molecular formula is C24H18N4. The molecule has 0 aliphatic rings. The van der Waals surface area contributed by atoms with Crippen LogP contribution in [0.3, 0.4) is 0 Å². The van der Waals surface area contributed by atoms with Crippen LogP contribution in [0.5, 0.6) is 0 Å². The van der Waals surface area contributed by atoms with Crippen molar-refractivity contribution in [3.63, 3.8) is 0 Å². The highest BCUT2D eigenvalue weighted by Crippen LogP contribution is 2.35. The van der Waals surface area contributed by atoms with E-state index in [0.29, 0.717) is 0 Å². The van der Waals surface area contributed by atoms with Gasteiger partial charge in [-0.25, -0.2) is 0 Å². The van der Waals surface area contributed by atoms with Gasteiger partial charge >= 0.3 is 0 Å². The maximum atomic E-state index is 4.88. The van der Waals surface area contributed by atoms with Crippen LogP contribution in [0, 0.1) is 13.8 Å². The Bertz CT molecular complexity index is 1210. The Morgan fingerprint density at radius 3 is 1.32 bits per heavy atom. The summed E-state index contributed by atoms with van der Waals surface area (Å²) in [4.78, 5) is 18.0. The van der Waals surface area contributed by atoms with E-state index in [1.54, 1.807) is 0 Å². The van der Waals surface area contributed by atoms with E-state index < -0.39 is 0 Å². The van der Waals surface area contributed by atoms with Gasteiger partial charge in [-0.1, -0.05) is 12.1 Å². The second-order valence-corrected chi connectivity index (χ2v) is 6.95. The van der Waals surface area contributed by atoms with Gasteiger partial charge in [0.25, 0.3) is 0 Å². The van der Waals surface area contributed by atoms with E-state index in [-0.39, 0.29) is 0 Å². The van der Waals surface area contributed by atoms with Crippen LogP contribution in [0.1, 0.15) is 11.4 Å². The van der Waals surface area contributed by atoms with Gasteiger partial charge in [0, 0.05) is 46.9 Å². The van der Waals surface area contributed by atoms with Crippen LogP contribution in [-0.4, -0.2) is 19.9 Å². The molecule has 0 saturated heterocycles. The number of aryl methyl sites for hydroxylation is 2. The normalized spacial score (nSPS) is 11.2. The highest BCUT2D eigenvalue weighted by atomic mass is 14.8. The minimum atomic E-state index is 0.934. The third-order valence-electron chi connectivity index (χ3n) is 5.00. The van der Waals surface area contributed by atoms with Crippen molar-refractivity contribution in [2.24, 2.45) is 0 Å². The van der Waals surface area contributed by atoms with Gasteiger partial charge in [-0.3, -0.25) is 19.9 Å². The molecule has 134 valence electrons. The van der Waals surface area contributed by atoms with Gasteiger partial charge in [0.15, 0.2) is 0 Å². The molecule has 4 aromatic heterocycles. The van der Waals surface area contributed by atoms with E-state index in [9.17, 15) is 0 Å². The molecule has 4 nitrogen and oxygen atoms in total. The summed E-state index contributed by atoms with van der Waals surface area (Å²) in [5.74, 6) is 0. The zero-order chi connectivity index (χ0) is 19.1. The number of fused-ring (bicyclic) bond motifs is 3. The van der Waals surface area contributed by atoms with Gasteiger partial charge in [-0.15, -0.1) is 0 Å². The lowest BCUT2D eigenvalue weighted by Crippen LogP contribution is -1.94. The van der Waals surface area contributed by atoms with Crippen LogP contribution < -0.4 is 0 Å². The molecule has 0 atom stereocenters. The number of aromatic nitrogens is 4. The highest BCUT2D eigenvalue weighted by Gasteiger charge is 2.14. The van der Waals surface area contributed by atoms with Crippen LogP contribution in [0.25, 0.3) is 44.1 Å². The van der Waals surface area contributed by atoms with Gasteiger partial charge < -0.3 is 0 Å². The van der Waals surface area contributed by atoms with Crippen LogP contribution in [0.15, 0.2) is 73.3 Å². The monoisotopic (exact) mass is 362 g/mol. The van der Waals surface area contributed by atoms with E-state index >= 15 is 0 Å². The van der Waals surface area contributed by atoms with Crippen LogP contribution in [0.4, 0.5) is 0 Å². The molecule has 5 aromatic rings. The molecule has 4 heterocycles. The Kier molecular flexibility index (Phi) is 3.83. The van der Waals surface area contributed by atoms with Gasteiger partial charge in [0.05, 0.1) is 11.0 Å². The first-order valence-corrected chi connectivity index (χ1v) is 9.23. The number of rotatable bonds is 2. The van der Waals surface area contributed by atoms with Crippen molar-refractivity contribution in [2.75, 3.05) is 0 Å². The van der Waals surface area contributed by atoms with Crippen molar-refractivity contribution in [3.05, 3.63) is 84.7 Å². The Morgan fingerprint density at radius 2 is 0.929 bits per heavy atom. The summed E-state index contributed by atoms with van der Waals surface area (Å²) in [7, 11) is 0. The average Bonchev–Trinajstić information content (AvgIpc) is 2.74. The first-order chi connectivity index (χ1) is 13.7. The minimum absolute atomic E-state index is 0.934. The lowest BCUT2D eigenvalue weighted by Gasteiger charge is -2.13. The number of benzene rings is 1. The van der Waals surface area contributed by atoms with Crippen molar-refractivity contribution in [2.45, 2.75) is 13.8 Å². The van der Waals surface area contributed by atoms with Gasteiger partial charge in [0.2, 0.25) is 0 Å². The van der Waals surface area contributed by atoms with Gasteiger partial charge in [-0.05, 0) is 72.5 Å². The first-order valence-electron chi connectivity index (χ1n) is 9.23. The standard InChI is InChI=1S/C24H18N4/c1-15-13-21(17-5-9-25-10-6-17)19-3-4-20-22(18-7-11-26-12-8-18)14-16(2)28-24(20)23(19)27-15/h3-14H,1-2H3. The van der Waals surface area contributed by atoms with Gasteiger partial charge in [0.1, 0.15) is 0 Å². The predicted molar refractivity (Wildman–Crippen MR) is 113 cm³/mol. The number of hydrogen-bond acceptors (Lipinski definition) is 4. The van der Waals surface area contributed by atoms with Crippen molar-refractivity contribution in [3.8, 4) is 22.3 Å². The molecule has 4 heteroatoms. The molecule has 0 N–H and O–H groups in total. The molecule has 0 fully saturated rings. The summed E-state index contributed by atoms with van der Waals surface area (Å²) in [5.41, 5.74) is 8.38. The first kappa shape index (κ1) is 16.5. The Morgan fingerprint density at radius 1 is 0.536 bits per heavy atom. The molecule has 0 spiro atoms. The second-order valence-electron chi connectivity index (χ2n) is 6.95. The number of nitrogens with zero attached hydrogens (tertiary/aromatic N) is 4. The lowest BCUT2D eigenvalue weighted by atomic mass is 9.96. The molecule has 0 amide bonds. The van der Waals surface area contributed by atoms with E-state index in [0.717, 1.165) is 55.4 Å². The molecule has 0 unspecified atom stereocenters. The smallest absolute Gasteiger partial charge is 0.0974 e. The fourth-order valence-corrected chi connectivity index (χ4v) is 3.77. The molecule has 1 aromatic carbocycles. The fourth-order valence-electron chi connectivity index (χ4n) is 3.77. The Labute approximate surface area is 163 Å². The van der Waals surface area contributed by atoms with E-state index in [4.69, 9.17) is 9.97 Å². The molecule has 0 saturated carbocycles. The molecule has 5 rings (SSSR count). The summed E-state index contributed by atoms with van der Waals surface area (Å²) in [6.45, 7) is 4.06. The lowest BCUT2D eigenvalue weighted by molar-refractivity contribution is 1.23. The summed E-state index contributed by atoms with van der Waals surface area (Å²) in [5, 5.41) is 2.20. The van der Waals surface area contributed by atoms with Crippen molar-refractivity contribution >= 4 is 21.8 Å². The summed E-state index contributed by atoms with van der Waals surface area (Å²) in [6, 6.07) is 16.7. The van der Waals surface area contributed by atoms with Crippen LogP contribution >= 0.6 is 0 Å². The average molecular weight is 362 g/mol. The number of hydrogen-bond donors (Lipinski definition) is 0. The summed E-state index contributed by atoms with van der Waals surface area (Å²) >= 11 is 0. The largest absolute Gasteiger partial charge is 0.265 e. The van der Waals surface area contributed by atoms with Crippen LogP contribution in [-0.2, 0) is 0 Å². The molecular weight excluding hydrogens is 344 g/mol. The van der Waals surface area contributed by atoms with Crippen molar-refractivity contribution in [1.29, 1.82) is 0 Å². The third kappa shape index (κ3) is 2.70. The van der Waals surface area contributed by atoms with Gasteiger partial charge in [-0.2, -0.15) is 0 Å². The maximum Gasteiger partial charge on any atom is 0.0974 e. The van der Waals surface area contributed by atoms with E-state index in [1.807, 2.05) is 62.9 Å². The molecule has 0 aliphatic heterocycles. The highest BCUT2D eigenvalue weighted by molar-refractivity contribution is 6.11. The predicted octanol–water partition coefficient (Wildman–Crippen LogP) is 5.52. The zero-order valence-corrected chi connectivity index (χ0v) is 15.7. The Hall–Kier alpha value is -3.66. The SMILES string of the molecule is Cc1cc(-c2ccncc2)c2ccc3c(-c4ccncc4)cc(C)nc3c2n1. The molecule has 0 radical (unpaired) electrons. The zero-order valence-electron chi connectivity index (χ0n) is 15.7. The number of pyridine rings is 4. The van der Waals surface area contributed by atoms with Crippen molar-refractivity contribution < 1.29 is 0 Å². The molecule has 28 heavy (non-hydrogen) atoms. The second kappa shape index (κ2) is 6.50. The van der Waals surface area contributed by atoms with Crippen molar-refractivity contribution in [1.82, 2.24) is 19.9 Å². The minimum Gasteiger partial charge on any atom is -0.265 e. The Balaban J connectivity index is 1.89. The third-order valence-corrected chi connectivity index (χ3v) is 5.00. The topological polar surface area (TPSA) is 51.6 Å². The summed E-state index contributed by atoms with van der Waals surface area (Å²) < 4.78 is 0. The quantitative estimate of drug-likeness (QED) is 0.388. The van der Waals surface area contributed by atoms with Crippen LogP contribution in [0.2, 0.25) is 0 Å². The van der Waals surface area contributed by atoms with E-state index in [1.165, 1.54) is 0 Å². The maximum absolute atomic E-state index is 4.88. The van der Waals surface area contributed by atoms with E-state index in [2.05, 4.69) is 34.2 Å². The summed E-state index contributed by atoms with van der Waals surface area (Å²) in [6.07, 6.45) is 7.29. The molecule has 0 bridgehead atoms. The fraction of sp³-hybridized carbons (Fsp3) is 0.0833.